The van der Waals surface area contributed by atoms with Gasteiger partial charge in [0.1, 0.15) is 0 Å². The molecule has 1 amide bonds. The molecule has 1 aromatic rings. The quantitative estimate of drug-likeness (QED) is 0.593. The summed E-state index contributed by atoms with van der Waals surface area (Å²) in [7, 11) is 4.52. The normalized spacial score (nSPS) is 10.8. The van der Waals surface area contributed by atoms with E-state index in [1.54, 1.807) is 18.2 Å². The molecule has 1 aromatic carbocycles. The first-order valence-corrected chi connectivity index (χ1v) is 6.59. The van der Waals surface area contributed by atoms with Crippen molar-refractivity contribution in [2.75, 3.05) is 34.5 Å². The Morgan fingerprint density at radius 2 is 1.68 bits per heavy atom. The number of methoxy groups -OCH3 is 3. The number of hydrogen-bond donors (Lipinski definition) is 3. The summed E-state index contributed by atoms with van der Waals surface area (Å²) in [5.41, 5.74) is 0.675. The standard InChI is InChI=1S/C15H21NO6/c1-20-12-6-10(7-13(21-2)15(12)22-3)4-5-14(19)16-11(8-17)9-18/h4-7,11,17-18H,8-9H2,1-3H3,(H,16,19)/b5-4+. The third-order valence-electron chi connectivity index (χ3n) is 2.90. The van der Waals surface area contributed by atoms with Gasteiger partial charge < -0.3 is 29.7 Å². The molecule has 3 N–H and O–H groups in total. The molecule has 0 saturated heterocycles. The molecule has 0 aromatic heterocycles. The summed E-state index contributed by atoms with van der Waals surface area (Å²) in [4.78, 5) is 11.7. The molecular weight excluding hydrogens is 290 g/mol. The molecule has 0 unspecified atom stereocenters. The van der Waals surface area contributed by atoms with Gasteiger partial charge in [0.05, 0.1) is 40.6 Å². The van der Waals surface area contributed by atoms with E-state index in [2.05, 4.69) is 5.32 Å². The molecule has 0 atom stereocenters. The lowest BCUT2D eigenvalue weighted by Crippen LogP contribution is -2.39. The zero-order chi connectivity index (χ0) is 16.5. The minimum absolute atomic E-state index is 0.333. The molecule has 7 heteroatoms. The molecule has 0 spiro atoms. The van der Waals surface area contributed by atoms with Crippen LogP contribution >= 0.6 is 0 Å². The lowest BCUT2D eigenvalue weighted by atomic mass is 10.1. The van der Waals surface area contributed by atoms with E-state index >= 15 is 0 Å². The van der Waals surface area contributed by atoms with Crippen LogP contribution in [-0.4, -0.2) is 56.7 Å². The summed E-state index contributed by atoms with van der Waals surface area (Å²) >= 11 is 0. The van der Waals surface area contributed by atoms with Gasteiger partial charge in [-0.2, -0.15) is 0 Å². The van der Waals surface area contributed by atoms with Gasteiger partial charge in [-0.3, -0.25) is 4.79 Å². The van der Waals surface area contributed by atoms with Crippen molar-refractivity contribution in [1.29, 1.82) is 0 Å². The van der Waals surface area contributed by atoms with Gasteiger partial charge in [-0.05, 0) is 23.8 Å². The van der Waals surface area contributed by atoms with Gasteiger partial charge in [-0.25, -0.2) is 0 Å². The molecule has 0 heterocycles. The molecule has 0 aliphatic heterocycles. The van der Waals surface area contributed by atoms with Crippen molar-refractivity contribution in [2.24, 2.45) is 0 Å². The first-order chi connectivity index (χ1) is 10.6. The molecule has 122 valence electrons. The zero-order valence-electron chi connectivity index (χ0n) is 12.8. The minimum Gasteiger partial charge on any atom is -0.493 e. The molecule has 0 bridgehead atoms. The molecular formula is C15H21NO6. The van der Waals surface area contributed by atoms with Crippen LogP contribution in [0.4, 0.5) is 0 Å². The molecule has 0 aliphatic rings. The van der Waals surface area contributed by atoms with Crippen LogP contribution in [0.15, 0.2) is 18.2 Å². The van der Waals surface area contributed by atoms with Crippen LogP contribution in [0, 0.1) is 0 Å². The average Bonchev–Trinajstić information content (AvgIpc) is 2.56. The van der Waals surface area contributed by atoms with Gasteiger partial charge in [0.2, 0.25) is 11.7 Å². The second kappa shape index (κ2) is 8.91. The Hall–Kier alpha value is -2.25. The summed E-state index contributed by atoms with van der Waals surface area (Å²) in [5.74, 6) is 0.991. The van der Waals surface area contributed by atoms with E-state index in [-0.39, 0.29) is 13.2 Å². The van der Waals surface area contributed by atoms with Crippen molar-refractivity contribution >= 4 is 12.0 Å². The van der Waals surface area contributed by atoms with Crippen LogP contribution < -0.4 is 19.5 Å². The number of amides is 1. The summed E-state index contributed by atoms with van der Waals surface area (Å²) in [6, 6.07) is 2.71. The fourth-order valence-corrected chi connectivity index (χ4v) is 1.77. The van der Waals surface area contributed by atoms with Crippen LogP contribution in [0.2, 0.25) is 0 Å². The van der Waals surface area contributed by atoms with Crippen molar-refractivity contribution in [3.8, 4) is 17.2 Å². The maximum absolute atomic E-state index is 11.7. The number of aliphatic hydroxyl groups excluding tert-OH is 2. The molecule has 0 saturated carbocycles. The molecule has 1 rings (SSSR count). The van der Waals surface area contributed by atoms with Gasteiger partial charge in [0.25, 0.3) is 0 Å². The second-order valence-electron chi connectivity index (χ2n) is 4.36. The van der Waals surface area contributed by atoms with Gasteiger partial charge in [-0.1, -0.05) is 0 Å². The van der Waals surface area contributed by atoms with Crippen molar-refractivity contribution in [3.63, 3.8) is 0 Å². The molecule has 0 radical (unpaired) electrons. The maximum atomic E-state index is 11.7. The Morgan fingerprint density at radius 1 is 1.14 bits per heavy atom. The zero-order valence-corrected chi connectivity index (χ0v) is 12.8. The van der Waals surface area contributed by atoms with Crippen LogP contribution in [-0.2, 0) is 4.79 Å². The van der Waals surface area contributed by atoms with E-state index in [4.69, 9.17) is 24.4 Å². The van der Waals surface area contributed by atoms with Crippen molar-refractivity contribution in [2.45, 2.75) is 6.04 Å². The predicted octanol–water partition coefficient (Wildman–Crippen LogP) is 0.195. The number of benzene rings is 1. The number of rotatable bonds is 8. The summed E-state index contributed by atoms with van der Waals surface area (Å²) in [5, 5.41) is 20.3. The number of carbonyl (C=O) groups excluding carboxylic acids is 1. The van der Waals surface area contributed by atoms with Crippen LogP contribution in [0.3, 0.4) is 0 Å². The second-order valence-corrected chi connectivity index (χ2v) is 4.36. The first-order valence-electron chi connectivity index (χ1n) is 6.59. The third-order valence-corrected chi connectivity index (χ3v) is 2.90. The van der Waals surface area contributed by atoms with E-state index in [9.17, 15) is 4.79 Å². The highest BCUT2D eigenvalue weighted by atomic mass is 16.5. The highest BCUT2D eigenvalue weighted by Crippen LogP contribution is 2.38. The number of nitrogens with one attached hydrogen (secondary N) is 1. The average molecular weight is 311 g/mol. The Balaban J connectivity index is 2.93. The number of ether oxygens (including phenoxy) is 3. The van der Waals surface area contributed by atoms with E-state index in [0.717, 1.165) is 0 Å². The van der Waals surface area contributed by atoms with Crippen LogP contribution in [0.5, 0.6) is 17.2 Å². The monoisotopic (exact) mass is 311 g/mol. The van der Waals surface area contributed by atoms with E-state index < -0.39 is 11.9 Å². The Kier molecular flexibility index (Phi) is 7.21. The largest absolute Gasteiger partial charge is 0.493 e. The Morgan fingerprint density at radius 3 is 2.09 bits per heavy atom. The summed E-state index contributed by atoms with van der Waals surface area (Å²) < 4.78 is 15.7. The lowest BCUT2D eigenvalue weighted by molar-refractivity contribution is -0.117. The van der Waals surface area contributed by atoms with Crippen molar-refractivity contribution < 1.29 is 29.2 Å². The smallest absolute Gasteiger partial charge is 0.244 e. The van der Waals surface area contributed by atoms with Gasteiger partial charge in [0.15, 0.2) is 11.5 Å². The third kappa shape index (κ3) is 4.64. The summed E-state index contributed by atoms with van der Waals surface area (Å²) in [6.07, 6.45) is 2.85. The summed E-state index contributed by atoms with van der Waals surface area (Å²) in [6.45, 7) is -0.666. The fourth-order valence-electron chi connectivity index (χ4n) is 1.77. The SMILES string of the molecule is COc1cc(/C=C/C(=O)NC(CO)CO)cc(OC)c1OC. The molecule has 0 aliphatic carbocycles. The molecule has 0 fully saturated rings. The van der Waals surface area contributed by atoms with E-state index in [1.807, 2.05) is 0 Å². The van der Waals surface area contributed by atoms with Gasteiger partial charge >= 0.3 is 0 Å². The van der Waals surface area contributed by atoms with E-state index in [0.29, 0.717) is 22.8 Å². The number of aliphatic hydroxyl groups is 2. The first kappa shape index (κ1) is 17.8. The fraction of sp³-hybridized carbons (Fsp3) is 0.400. The Labute approximate surface area is 129 Å². The molecule has 7 nitrogen and oxygen atoms in total. The van der Waals surface area contributed by atoms with Crippen LogP contribution in [0.25, 0.3) is 6.08 Å². The number of hydrogen-bond acceptors (Lipinski definition) is 6. The highest BCUT2D eigenvalue weighted by molar-refractivity contribution is 5.92. The molecule has 22 heavy (non-hydrogen) atoms. The lowest BCUT2D eigenvalue weighted by Gasteiger charge is -2.13. The van der Waals surface area contributed by atoms with Crippen molar-refractivity contribution in [3.05, 3.63) is 23.8 Å². The van der Waals surface area contributed by atoms with E-state index in [1.165, 1.54) is 27.4 Å². The van der Waals surface area contributed by atoms with Gasteiger partial charge in [-0.15, -0.1) is 0 Å². The minimum atomic E-state index is -0.683. The highest BCUT2D eigenvalue weighted by Gasteiger charge is 2.12. The maximum Gasteiger partial charge on any atom is 0.244 e. The predicted molar refractivity (Wildman–Crippen MR) is 81.2 cm³/mol. The van der Waals surface area contributed by atoms with Crippen molar-refractivity contribution in [1.82, 2.24) is 5.32 Å². The van der Waals surface area contributed by atoms with Gasteiger partial charge in [0, 0.05) is 6.08 Å². The van der Waals surface area contributed by atoms with Crippen LogP contribution in [0.1, 0.15) is 5.56 Å². The Bertz CT molecular complexity index is 500. The topological polar surface area (TPSA) is 97.3 Å². The number of carbonyl (C=O) groups is 1.